The van der Waals surface area contributed by atoms with Crippen LogP contribution in [0, 0.1) is 6.92 Å². The SMILES string of the molecule is Cc1ccc2c(c1)SC[C@@H](NC(=O)NCC(C)(C)N)C(=O)N2Cc1ccc(-c2ccccc2CCNC(=O)N2CCOCC2)cc1. The van der Waals surface area contributed by atoms with E-state index in [-0.39, 0.29) is 18.5 Å². The van der Waals surface area contributed by atoms with Crippen molar-refractivity contribution >= 4 is 35.4 Å². The minimum atomic E-state index is -0.700. The van der Waals surface area contributed by atoms with E-state index in [4.69, 9.17) is 10.5 Å². The lowest BCUT2D eigenvalue weighted by atomic mass is 9.96. The smallest absolute Gasteiger partial charge is 0.317 e. The van der Waals surface area contributed by atoms with E-state index in [1.54, 1.807) is 21.6 Å². The fourth-order valence-electron chi connectivity index (χ4n) is 5.47. The molecule has 5 rings (SSSR count). The second-order valence-corrected chi connectivity index (χ2v) is 13.6. The first-order valence-corrected chi connectivity index (χ1v) is 16.7. The van der Waals surface area contributed by atoms with Gasteiger partial charge in [-0.15, -0.1) is 11.8 Å². The van der Waals surface area contributed by atoms with Crippen LogP contribution in [0.15, 0.2) is 71.6 Å². The number of thioether (sulfide) groups is 1. The van der Waals surface area contributed by atoms with E-state index < -0.39 is 17.6 Å². The number of anilines is 1. The summed E-state index contributed by atoms with van der Waals surface area (Å²) in [6.45, 7) is 9.26. The van der Waals surface area contributed by atoms with Gasteiger partial charge >= 0.3 is 12.1 Å². The number of carbonyl (C=O) groups excluding carboxylic acids is 3. The number of rotatable bonds is 9. The molecule has 0 unspecified atom stereocenters. The van der Waals surface area contributed by atoms with E-state index in [0.717, 1.165) is 38.4 Å². The lowest BCUT2D eigenvalue weighted by molar-refractivity contribution is -0.120. The number of amides is 5. The number of ether oxygens (including phenoxy) is 1. The van der Waals surface area contributed by atoms with E-state index in [1.165, 1.54) is 0 Å². The fraction of sp³-hybridized carbons (Fsp3) is 0.400. The molecule has 1 saturated heterocycles. The Kier molecular flexibility index (Phi) is 10.9. The quantitative estimate of drug-likeness (QED) is 0.275. The van der Waals surface area contributed by atoms with Crippen molar-refractivity contribution in [2.24, 2.45) is 5.73 Å². The maximum absolute atomic E-state index is 13.9. The maximum atomic E-state index is 13.9. The molecule has 11 heteroatoms. The van der Waals surface area contributed by atoms with Crippen molar-refractivity contribution in [1.29, 1.82) is 0 Å². The molecular formula is C35H44N6O4S. The predicted molar refractivity (Wildman–Crippen MR) is 183 cm³/mol. The normalized spacial score (nSPS) is 16.8. The van der Waals surface area contributed by atoms with Crippen LogP contribution in [0.25, 0.3) is 11.1 Å². The second kappa shape index (κ2) is 15.0. The average Bonchev–Trinajstić information content (AvgIpc) is 3.16. The largest absolute Gasteiger partial charge is 0.378 e. The number of nitrogens with zero attached hydrogens (tertiary/aromatic N) is 2. The van der Waals surface area contributed by atoms with E-state index in [1.807, 2.05) is 57.2 Å². The third-order valence-electron chi connectivity index (χ3n) is 7.98. The van der Waals surface area contributed by atoms with Crippen molar-refractivity contribution < 1.29 is 19.1 Å². The molecule has 0 aromatic heterocycles. The third-order valence-corrected chi connectivity index (χ3v) is 9.12. The number of fused-ring (bicyclic) bond motifs is 1. The number of carbonyl (C=O) groups is 3. The molecule has 1 fully saturated rings. The van der Waals surface area contributed by atoms with Crippen molar-refractivity contribution in [3.05, 3.63) is 83.4 Å². The van der Waals surface area contributed by atoms with E-state index in [9.17, 15) is 14.4 Å². The Morgan fingerprint density at radius 1 is 1.02 bits per heavy atom. The minimum absolute atomic E-state index is 0.0547. The summed E-state index contributed by atoms with van der Waals surface area (Å²) in [6.07, 6.45) is 0.703. The van der Waals surface area contributed by atoms with Crippen molar-refractivity contribution in [3.63, 3.8) is 0 Å². The van der Waals surface area contributed by atoms with Gasteiger partial charge in [-0.1, -0.05) is 54.6 Å². The summed E-state index contributed by atoms with van der Waals surface area (Å²) in [5.74, 6) is 0.263. The monoisotopic (exact) mass is 644 g/mol. The standard InChI is InChI=1S/C35H44N6O4S/c1-24-8-13-30-31(20-24)46-22-29(39-33(43)38-23-35(2,3)36)32(42)41(30)21-25-9-11-27(12-10-25)28-7-5-4-6-26(28)14-15-37-34(44)40-16-18-45-19-17-40/h4-13,20,29H,14-19,21-23,36H2,1-3H3,(H,37,44)(H2,38,39,43)/t29-/m1/s1. The van der Waals surface area contributed by atoms with Crippen molar-refractivity contribution in [1.82, 2.24) is 20.9 Å². The Morgan fingerprint density at radius 2 is 1.76 bits per heavy atom. The molecule has 0 spiro atoms. The topological polar surface area (TPSA) is 129 Å². The zero-order valence-corrected chi connectivity index (χ0v) is 27.6. The van der Waals surface area contributed by atoms with Gasteiger partial charge in [0.1, 0.15) is 6.04 Å². The number of hydrogen-bond donors (Lipinski definition) is 4. The summed E-state index contributed by atoms with van der Waals surface area (Å²) in [5, 5.41) is 8.70. The fourth-order valence-corrected chi connectivity index (χ4v) is 6.64. The molecule has 0 saturated carbocycles. The van der Waals surface area contributed by atoms with Gasteiger partial charge in [-0.3, -0.25) is 4.79 Å². The second-order valence-electron chi connectivity index (χ2n) is 12.5. The van der Waals surface area contributed by atoms with Crippen molar-refractivity contribution in [3.8, 4) is 11.1 Å². The first-order valence-electron chi connectivity index (χ1n) is 15.7. The summed E-state index contributed by atoms with van der Waals surface area (Å²) < 4.78 is 5.34. The number of nitrogens with two attached hydrogens (primary N) is 1. The van der Waals surface area contributed by atoms with Gasteiger partial charge in [-0.25, -0.2) is 9.59 Å². The molecule has 2 heterocycles. The molecular weight excluding hydrogens is 600 g/mol. The van der Waals surface area contributed by atoms with Gasteiger partial charge in [0.05, 0.1) is 25.4 Å². The highest BCUT2D eigenvalue weighted by Gasteiger charge is 2.32. The highest BCUT2D eigenvalue weighted by atomic mass is 32.2. The van der Waals surface area contributed by atoms with E-state index >= 15 is 0 Å². The number of nitrogens with one attached hydrogen (secondary N) is 3. The van der Waals surface area contributed by atoms with Gasteiger partial charge in [0.2, 0.25) is 0 Å². The number of morpholine rings is 1. The van der Waals surface area contributed by atoms with Crippen LogP contribution in [-0.4, -0.2) is 79.6 Å². The molecule has 3 aromatic rings. The molecule has 0 bridgehead atoms. The molecule has 2 aliphatic rings. The zero-order chi connectivity index (χ0) is 32.7. The molecule has 1 atom stereocenters. The molecule has 5 N–H and O–H groups in total. The van der Waals surface area contributed by atoms with Gasteiger partial charge in [0.25, 0.3) is 5.91 Å². The summed E-state index contributed by atoms with van der Waals surface area (Å²) in [4.78, 5) is 43.7. The Bertz CT molecular complexity index is 1530. The summed E-state index contributed by atoms with van der Waals surface area (Å²) in [6, 6.07) is 21.4. The molecule has 10 nitrogen and oxygen atoms in total. The van der Waals surface area contributed by atoms with Crippen LogP contribution in [0.2, 0.25) is 0 Å². The predicted octanol–water partition coefficient (Wildman–Crippen LogP) is 4.29. The minimum Gasteiger partial charge on any atom is -0.378 e. The lowest BCUT2D eigenvalue weighted by Gasteiger charge is -2.27. The molecule has 0 radical (unpaired) electrons. The van der Waals surface area contributed by atoms with Crippen LogP contribution < -0.4 is 26.6 Å². The first kappa shape index (κ1) is 33.3. The van der Waals surface area contributed by atoms with Gasteiger partial charge in [-0.2, -0.15) is 0 Å². The molecule has 0 aliphatic carbocycles. The number of hydrogen-bond acceptors (Lipinski definition) is 6. The molecule has 2 aliphatic heterocycles. The van der Waals surface area contributed by atoms with E-state index in [2.05, 4.69) is 46.3 Å². The number of benzene rings is 3. The number of urea groups is 2. The molecule has 244 valence electrons. The first-order chi connectivity index (χ1) is 22.1. The van der Waals surface area contributed by atoms with Crippen molar-refractivity contribution in [2.45, 2.75) is 50.2 Å². The Morgan fingerprint density at radius 3 is 2.50 bits per heavy atom. The van der Waals surface area contributed by atoms with Crippen LogP contribution >= 0.6 is 11.8 Å². The van der Waals surface area contributed by atoms with Crippen molar-refractivity contribution in [2.75, 3.05) is 50.0 Å². The highest BCUT2D eigenvalue weighted by Crippen LogP contribution is 2.36. The van der Waals surface area contributed by atoms with Crippen LogP contribution in [0.5, 0.6) is 0 Å². The van der Waals surface area contributed by atoms with Crippen LogP contribution in [0.3, 0.4) is 0 Å². The number of aryl methyl sites for hydroxylation is 1. The molecule has 5 amide bonds. The van der Waals surface area contributed by atoms with Gasteiger partial charge in [0, 0.05) is 42.4 Å². The van der Waals surface area contributed by atoms with Crippen LogP contribution in [0.1, 0.15) is 30.5 Å². The van der Waals surface area contributed by atoms with Gasteiger partial charge in [-0.05, 0) is 67.1 Å². The van der Waals surface area contributed by atoms with Gasteiger partial charge in [0.15, 0.2) is 0 Å². The summed E-state index contributed by atoms with van der Waals surface area (Å²) in [7, 11) is 0. The zero-order valence-electron chi connectivity index (χ0n) is 26.8. The molecule has 46 heavy (non-hydrogen) atoms. The van der Waals surface area contributed by atoms with Crippen LogP contribution in [0.4, 0.5) is 15.3 Å². The Hall–Kier alpha value is -4.06. The highest BCUT2D eigenvalue weighted by molar-refractivity contribution is 7.99. The van der Waals surface area contributed by atoms with E-state index in [0.29, 0.717) is 51.6 Å². The Labute approximate surface area is 275 Å². The third kappa shape index (κ3) is 8.80. The lowest BCUT2D eigenvalue weighted by Crippen LogP contribution is -2.54. The maximum Gasteiger partial charge on any atom is 0.317 e. The Balaban J connectivity index is 1.28. The summed E-state index contributed by atoms with van der Waals surface area (Å²) >= 11 is 1.57. The average molecular weight is 645 g/mol. The summed E-state index contributed by atoms with van der Waals surface area (Å²) in [5.41, 5.74) is 11.7. The van der Waals surface area contributed by atoms with Crippen LogP contribution in [-0.2, 0) is 22.5 Å². The van der Waals surface area contributed by atoms with Gasteiger partial charge < -0.3 is 36.2 Å². The molecule has 3 aromatic carbocycles.